The van der Waals surface area contributed by atoms with E-state index in [-0.39, 0.29) is 0 Å². The zero-order valence-corrected chi connectivity index (χ0v) is 12.9. The number of piperidine rings is 2. The van der Waals surface area contributed by atoms with Gasteiger partial charge in [0.25, 0.3) is 0 Å². The van der Waals surface area contributed by atoms with Crippen molar-refractivity contribution < 1.29 is 0 Å². The van der Waals surface area contributed by atoms with Gasteiger partial charge in [0, 0.05) is 30.9 Å². The van der Waals surface area contributed by atoms with Crippen molar-refractivity contribution in [2.45, 2.75) is 45.1 Å². The highest BCUT2D eigenvalue weighted by molar-refractivity contribution is 5.49. The molecule has 3 N–H and O–H groups in total. The average Bonchev–Trinajstić information content (AvgIpc) is 2.56. The van der Waals surface area contributed by atoms with Gasteiger partial charge in [-0.25, -0.2) is 10.8 Å². The van der Waals surface area contributed by atoms with E-state index in [2.05, 4.69) is 32.1 Å². The van der Waals surface area contributed by atoms with Crippen molar-refractivity contribution in [3.8, 4) is 0 Å². The Bertz CT molecular complexity index is 463. The first-order valence-electron chi connectivity index (χ1n) is 8.07. The predicted molar refractivity (Wildman–Crippen MR) is 85.2 cm³/mol. The summed E-state index contributed by atoms with van der Waals surface area (Å²) in [4.78, 5) is 13.7. The molecule has 3 heterocycles. The molecule has 3 rings (SSSR count). The fraction of sp³-hybridized carbons (Fsp3) is 0.733. The Hall–Kier alpha value is -1.40. The van der Waals surface area contributed by atoms with E-state index in [1.54, 1.807) is 0 Å². The van der Waals surface area contributed by atoms with Crippen LogP contribution < -0.4 is 16.2 Å². The van der Waals surface area contributed by atoms with Crippen LogP contribution in [0.15, 0.2) is 6.20 Å². The average molecular weight is 290 g/mol. The van der Waals surface area contributed by atoms with E-state index >= 15 is 0 Å². The molecule has 0 saturated carbocycles. The number of nitrogens with one attached hydrogen (secondary N) is 1. The van der Waals surface area contributed by atoms with Crippen molar-refractivity contribution in [2.24, 2.45) is 5.84 Å². The van der Waals surface area contributed by atoms with Crippen LogP contribution >= 0.6 is 0 Å². The summed E-state index contributed by atoms with van der Waals surface area (Å²) in [5, 5.41) is 0. The second-order valence-corrected chi connectivity index (χ2v) is 6.16. The number of nitrogen functional groups attached to an aromatic ring is 1. The van der Waals surface area contributed by atoms with E-state index < -0.39 is 0 Å². The topological polar surface area (TPSA) is 70.3 Å². The van der Waals surface area contributed by atoms with Crippen LogP contribution in [0.1, 0.15) is 37.7 Å². The van der Waals surface area contributed by atoms with Crippen molar-refractivity contribution in [1.29, 1.82) is 0 Å². The van der Waals surface area contributed by atoms with Gasteiger partial charge in [-0.05, 0) is 45.7 Å². The Morgan fingerprint density at radius 3 is 2.52 bits per heavy atom. The molecule has 1 aromatic heterocycles. The first-order valence-corrected chi connectivity index (χ1v) is 8.07. The molecular formula is C15H26N6. The Morgan fingerprint density at radius 1 is 1.14 bits per heavy atom. The van der Waals surface area contributed by atoms with Crippen LogP contribution in [0.3, 0.4) is 0 Å². The van der Waals surface area contributed by atoms with Crippen LogP contribution in [0.25, 0.3) is 0 Å². The highest BCUT2D eigenvalue weighted by Crippen LogP contribution is 2.25. The number of aryl methyl sites for hydroxylation is 1. The van der Waals surface area contributed by atoms with E-state index in [1.807, 2.05) is 6.20 Å². The highest BCUT2D eigenvalue weighted by atomic mass is 15.3. The van der Waals surface area contributed by atoms with Gasteiger partial charge in [0.1, 0.15) is 5.82 Å². The molecule has 6 heteroatoms. The molecule has 21 heavy (non-hydrogen) atoms. The second kappa shape index (κ2) is 6.58. The first-order chi connectivity index (χ1) is 10.3. The number of hydrogen-bond donors (Lipinski definition) is 2. The van der Waals surface area contributed by atoms with E-state index in [4.69, 9.17) is 5.84 Å². The number of nitrogens with two attached hydrogens (primary N) is 1. The lowest BCUT2D eigenvalue weighted by molar-refractivity contribution is 0.141. The molecule has 0 unspecified atom stereocenters. The van der Waals surface area contributed by atoms with Gasteiger partial charge in [-0.15, -0.1) is 0 Å². The minimum atomic E-state index is 0.494. The Morgan fingerprint density at radius 2 is 1.86 bits per heavy atom. The number of hydrogen-bond acceptors (Lipinski definition) is 6. The number of aromatic nitrogens is 2. The van der Waals surface area contributed by atoms with E-state index in [1.165, 1.54) is 45.2 Å². The molecule has 0 aliphatic carbocycles. The highest BCUT2D eigenvalue weighted by Gasteiger charge is 2.26. The molecule has 0 atom stereocenters. The van der Waals surface area contributed by atoms with Crippen LogP contribution in [-0.4, -0.2) is 47.1 Å². The van der Waals surface area contributed by atoms with Gasteiger partial charge in [0.05, 0.1) is 0 Å². The lowest BCUT2D eigenvalue weighted by Crippen LogP contribution is -2.47. The molecule has 2 saturated heterocycles. The molecule has 1 aromatic rings. The van der Waals surface area contributed by atoms with Crippen LogP contribution in [0.2, 0.25) is 0 Å². The lowest BCUT2D eigenvalue weighted by atomic mass is 10.00. The first kappa shape index (κ1) is 14.5. The van der Waals surface area contributed by atoms with Gasteiger partial charge < -0.3 is 9.80 Å². The van der Waals surface area contributed by atoms with Crippen molar-refractivity contribution in [3.63, 3.8) is 0 Å². The number of nitrogens with zero attached hydrogens (tertiary/aromatic N) is 4. The van der Waals surface area contributed by atoms with Crippen LogP contribution in [0, 0.1) is 6.92 Å². The van der Waals surface area contributed by atoms with Crippen molar-refractivity contribution in [1.82, 2.24) is 14.9 Å². The van der Waals surface area contributed by atoms with Crippen LogP contribution in [0.5, 0.6) is 0 Å². The van der Waals surface area contributed by atoms with Gasteiger partial charge >= 0.3 is 0 Å². The second-order valence-electron chi connectivity index (χ2n) is 6.16. The maximum atomic E-state index is 5.42. The largest absolute Gasteiger partial charge is 0.356 e. The quantitative estimate of drug-likeness (QED) is 0.650. The van der Waals surface area contributed by atoms with E-state index in [0.29, 0.717) is 5.95 Å². The summed E-state index contributed by atoms with van der Waals surface area (Å²) in [5.41, 5.74) is 3.65. The number of hydrazine groups is 1. The summed E-state index contributed by atoms with van der Waals surface area (Å²) < 4.78 is 0. The van der Waals surface area contributed by atoms with Crippen molar-refractivity contribution >= 4 is 11.8 Å². The third-order valence-corrected chi connectivity index (χ3v) is 4.75. The summed E-state index contributed by atoms with van der Waals surface area (Å²) in [7, 11) is 0. The molecule has 2 fully saturated rings. The maximum absolute atomic E-state index is 5.42. The molecule has 0 spiro atoms. The van der Waals surface area contributed by atoms with E-state index in [9.17, 15) is 0 Å². The third-order valence-electron chi connectivity index (χ3n) is 4.75. The zero-order valence-electron chi connectivity index (χ0n) is 12.9. The van der Waals surface area contributed by atoms with Gasteiger partial charge in [-0.2, -0.15) is 4.98 Å². The summed E-state index contributed by atoms with van der Waals surface area (Å²) in [6.45, 7) is 6.79. The Kier molecular flexibility index (Phi) is 4.55. The third kappa shape index (κ3) is 3.27. The molecule has 6 nitrogen and oxygen atoms in total. The summed E-state index contributed by atoms with van der Waals surface area (Å²) in [6, 6.07) is 0.760. The van der Waals surface area contributed by atoms with Crippen molar-refractivity contribution in [3.05, 3.63) is 11.8 Å². The monoisotopic (exact) mass is 290 g/mol. The molecule has 0 radical (unpaired) electrons. The van der Waals surface area contributed by atoms with E-state index in [0.717, 1.165) is 30.5 Å². The number of likely N-dealkylation sites (tertiary alicyclic amines) is 1. The fourth-order valence-electron chi connectivity index (χ4n) is 3.55. The van der Waals surface area contributed by atoms with Gasteiger partial charge in [0.2, 0.25) is 5.95 Å². The number of anilines is 2. The standard InChI is InChI=1S/C15H26N6/c1-12-11-17-15(19-16)18-14(12)21-9-5-13(6-10-21)20-7-3-2-4-8-20/h11,13H,2-10,16H2,1H3,(H,17,18,19). The molecule has 0 amide bonds. The van der Waals surface area contributed by atoms with Gasteiger partial charge in [-0.1, -0.05) is 6.42 Å². The smallest absolute Gasteiger partial charge is 0.239 e. The van der Waals surface area contributed by atoms with Crippen LogP contribution in [-0.2, 0) is 0 Å². The predicted octanol–water partition coefficient (Wildman–Crippen LogP) is 1.53. The number of rotatable bonds is 3. The minimum absolute atomic E-state index is 0.494. The fourth-order valence-corrected chi connectivity index (χ4v) is 3.55. The SMILES string of the molecule is Cc1cnc(NN)nc1N1CCC(N2CCCCC2)CC1. The normalized spacial score (nSPS) is 21.5. The summed E-state index contributed by atoms with van der Waals surface area (Å²) in [5.74, 6) is 6.94. The minimum Gasteiger partial charge on any atom is -0.356 e. The molecule has 116 valence electrons. The van der Waals surface area contributed by atoms with Gasteiger partial charge in [-0.3, -0.25) is 5.43 Å². The molecular weight excluding hydrogens is 264 g/mol. The molecule has 0 aromatic carbocycles. The lowest BCUT2D eigenvalue weighted by Gasteiger charge is -2.40. The summed E-state index contributed by atoms with van der Waals surface area (Å²) in [6.07, 6.45) is 8.45. The Balaban J connectivity index is 1.62. The van der Waals surface area contributed by atoms with Crippen molar-refractivity contribution in [2.75, 3.05) is 36.5 Å². The zero-order chi connectivity index (χ0) is 14.7. The van der Waals surface area contributed by atoms with Gasteiger partial charge in [0.15, 0.2) is 0 Å². The maximum Gasteiger partial charge on any atom is 0.239 e. The summed E-state index contributed by atoms with van der Waals surface area (Å²) >= 11 is 0. The molecule has 2 aliphatic rings. The van der Waals surface area contributed by atoms with Crippen LogP contribution in [0.4, 0.5) is 11.8 Å². The molecule has 2 aliphatic heterocycles. The molecule has 0 bridgehead atoms. The Labute approximate surface area is 126 Å².